The van der Waals surface area contributed by atoms with Crippen molar-refractivity contribution in [3.8, 4) is 5.75 Å². The Balaban J connectivity index is 3.47. The molecule has 0 spiro atoms. The second-order valence-electron chi connectivity index (χ2n) is 8.85. The molecule has 1 N–H and O–H groups in total. The number of likely N-dealkylation sites (N-methyl/N-ethyl adjacent to an activating group) is 1. The van der Waals surface area contributed by atoms with Crippen LogP contribution in [0.5, 0.6) is 5.75 Å². The van der Waals surface area contributed by atoms with E-state index in [1.165, 1.54) is 5.57 Å². The van der Waals surface area contributed by atoms with Gasteiger partial charge in [-0.3, -0.25) is 9.59 Å². The lowest BCUT2D eigenvalue weighted by Gasteiger charge is -2.18. The Morgan fingerprint density at radius 3 is 2.33 bits per heavy atom. The second kappa shape index (κ2) is 11.5. The first-order chi connectivity index (χ1) is 14.0. The molecular formula is C26H37NO3. The molecule has 0 radical (unpaired) electrons. The third-order valence-electron chi connectivity index (χ3n) is 4.91. The zero-order chi connectivity index (χ0) is 22.9. The normalized spacial score (nSPS) is 13.6. The molecule has 0 bridgehead atoms. The fraction of sp³-hybridized carbons (Fsp3) is 0.462. The molecule has 0 fully saturated rings. The van der Waals surface area contributed by atoms with E-state index in [1.54, 1.807) is 27.2 Å². The summed E-state index contributed by atoms with van der Waals surface area (Å²) in [6, 6.07) is 7.96. The quantitative estimate of drug-likeness (QED) is 0.426. The summed E-state index contributed by atoms with van der Waals surface area (Å²) in [6.07, 6.45) is 5.65. The summed E-state index contributed by atoms with van der Waals surface area (Å²) < 4.78 is 5.35. The fourth-order valence-corrected chi connectivity index (χ4v) is 3.02. The van der Waals surface area contributed by atoms with Gasteiger partial charge >= 0.3 is 0 Å². The molecule has 0 heterocycles. The molecule has 4 nitrogen and oxygen atoms in total. The van der Waals surface area contributed by atoms with E-state index < -0.39 is 0 Å². The first-order valence-electron chi connectivity index (χ1n) is 10.5. The van der Waals surface area contributed by atoms with Crippen molar-refractivity contribution in [1.82, 2.24) is 5.32 Å². The van der Waals surface area contributed by atoms with Crippen molar-refractivity contribution >= 4 is 11.7 Å². The molecular weight excluding hydrogens is 374 g/mol. The smallest absolute Gasteiger partial charge is 0.246 e. The third-order valence-corrected chi connectivity index (χ3v) is 4.91. The van der Waals surface area contributed by atoms with E-state index in [-0.39, 0.29) is 17.1 Å². The molecule has 0 aliphatic rings. The van der Waals surface area contributed by atoms with Crippen molar-refractivity contribution in [2.75, 3.05) is 14.2 Å². The minimum atomic E-state index is -0.185. The standard InChI is InChI=1S/C26H37NO3/c1-9-18(2)21(14-20-11-10-12-23(15-20)30-8)16-22(13-19(3)25(29)27-7)24(28)17-26(4,5)6/h10-13,15-16H,9,14,17H2,1-8H3,(H,27,29)/b19-13+,21-18+,22-16+. The lowest BCUT2D eigenvalue weighted by Crippen LogP contribution is -2.20. The summed E-state index contributed by atoms with van der Waals surface area (Å²) in [6.45, 7) is 12.1. The van der Waals surface area contributed by atoms with Crippen molar-refractivity contribution in [3.05, 3.63) is 64.3 Å². The van der Waals surface area contributed by atoms with Crippen LogP contribution in [0, 0.1) is 5.41 Å². The first-order valence-corrected chi connectivity index (χ1v) is 10.5. The average Bonchev–Trinajstić information content (AvgIpc) is 2.69. The van der Waals surface area contributed by atoms with Crippen molar-refractivity contribution < 1.29 is 14.3 Å². The maximum absolute atomic E-state index is 13.1. The summed E-state index contributed by atoms with van der Waals surface area (Å²) in [5.41, 5.74) is 4.36. The van der Waals surface area contributed by atoms with E-state index in [9.17, 15) is 9.59 Å². The van der Waals surface area contributed by atoms with Gasteiger partial charge in [-0.2, -0.15) is 0 Å². The summed E-state index contributed by atoms with van der Waals surface area (Å²) in [4.78, 5) is 25.2. The minimum Gasteiger partial charge on any atom is -0.497 e. The number of carbonyl (C=O) groups excluding carboxylic acids is 2. The van der Waals surface area contributed by atoms with E-state index >= 15 is 0 Å². The summed E-state index contributed by atoms with van der Waals surface area (Å²) in [5, 5.41) is 2.63. The van der Waals surface area contributed by atoms with Crippen LogP contribution in [0.4, 0.5) is 0 Å². The van der Waals surface area contributed by atoms with Crippen molar-refractivity contribution in [1.29, 1.82) is 0 Å². The molecule has 1 aromatic rings. The van der Waals surface area contributed by atoms with Crippen molar-refractivity contribution in [3.63, 3.8) is 0 Å². The molecule has 0 aliphatic carbocycles. The molecule has 1 amide bonds. The number of allylic oxidation sites excluding steroid dienone is 5. The summed E-state index contributed by atoms with van der Waals surface area (Å²) >= 11 is 0. The van der Waals surface area contributed by atoms with Crippen LogP contribution in [0.3, 0.4) is 0 Å². The summed E-state index contributed by atoms with van der Waals surface area (Å²) in [5.74, 6) is 0.664. The van der Waals surface area contributed by atoms with E-state index in [0.29, 0.717) is 24.0 Å². The molecule has 0 saturated heterocycles. The number of nitrogens with one attached hydrogen (secondary N) is 1. The number of rotatable bonds is 9. The molecule has 1 aromatic carbocycles. The van der Waals surface area contributed by atoms with Crippen LogP contribution >= 0.6 is 0 Å². The molecule has 30 heavy (non-hydrogen) atoms. The van der Waals surface area contributed by atoms with Gasteiger partial charge in [-0.1, -0.05) is 45.4 Å². The topological polar surface area (TPSA) is 55.4 Å². The maximum atomic E-state index is 13.1. The van der Waals surface area contributed by atoms with Gasteiger partial charge in [-0.25, -0.2) is 0 Å². The molecule has 0 aliphatic heterocycles. The third kappa shape index (κ3) is 8.40. The van der Waals surface area contributed by atoms with E-state index in [2.05, 4.69) is 25.2 Å². The number of hydrogen-bond donors (Lipinski definition) is 1. The number of ketones is 1. The number of ether oxygens (including phenoxy) is 1. The van der Waals surface area contributed by atoms with Gasteiger partial charge in [-0.15, -0.1) is 0 Å². The Bertz CT molecular complexity index is 851. The maximum Gasteiger partial charge on any atom is 0.246 e. The number of amides is 1. The van der Waals surface area contributed by atoms with E-state index in [0.717, 1.165) is 23.3 Å². The van der Waals surface area contributed by atoms with Gasteiger partial charge in [0.25, 0.3) is 0 Å². The van der Waals surface area contributed by atoms with Gasteiger partial charge in [0, 0.05) is 24.6 Å². The molecule has 164 valence electrons. The number of benzene rings is 1. The Morgan fingerprint density at radius 1 is 1.13 bits per heavy atom. The zero-order valence-corrected chi connectivity index (χ0v) is 19.8. The highest BCUT2D eigenvalue weighted by molar-refractivity contribution is 6.02. The average molecular weight is 412 g/mol. The zero-order valence-electron chi connectivity index (χ0n) is 19.8. The fourth-order valence-electron chi connectivity index (χ4n) is 3.02. The predicted molar refractivity (Wildman–Crippen MR) is 125 cm³/mol. The number of hydrogen-bond acceptors (Lipinski definition) is 3. The SMILES string of the molecule is CC/C(C)=C(/C=C(\C=C(/C)C(=O)NC)C(=O)CC(C)(C)C)Cc1cccc(OC)c1. The molecule has 0 saturated carbocycles. The Labute approximate surface area is 182 Å². The van der Waals surface area contributed by atoms with Crippen LogP contribution in [0.25, 0.3) is 0 Å². The highest BCUT2D eigenvalue weighted by Gasteiger charge is 2.19. The monoisotopic (exact) mass is 411 g/mol. The first kappa shape index (κ1) is 25.4. The van der Waals surface area contributed by atoms with Gasteiger partial charge in [-0.05, 0) is 67.5 Å². The molecule has 0 unspecified atom stereocenters. The highest BCUT2D eigenvalue weighted by Crippen LogP contribution is 2.25. The second-order valence-corrected chi connectivity index (χ2v) is 8.85. The number of Topliss-reactive ketones (excluding diaryl/α,β-unsaturated/α-hetero) is 1. The number of methoxy groups -OCH3 is 1. The van der Waals surface area contributed by atoms with Gasteiger partial charge in [0.15, 0.2) is 5.78 Å². The lowest BCUT2D eigenvalue weighted by atomic mass is 9.86. The lowest BCUT2D eigenvalue weighted by molar-refractivity contribution is -0.117. The van der Waals surface area contributed by atoms with E-state index in [1.807, 2.05) is 45.0 Å². The van der Waals surface area contributed by atoms with Crippen molar-refractivity contribution in [2.24, 2.45) is 5.41 Å². The van der Waals surface area contributed by atoms with E-state index in [4.69, 9.17) is 4.74 Å². The van der Waals surface area contributed by atoms with Crippen molar-refractivity contribution in [2.45, 2.75) is 60.8 Å². The van der Waals surface area contributed by atoms with Crippen LogP contribution in [-0.2, 0) is 16.0 Å². The largest absolute Gasteiger partial charge is 0.497 e. The van der Waals surface area contributed by atoms with Crippen LogP contribution in [0.2, 0.25) is 0 Å². The van der Waals surface area contributed by atoms with Gasteiger partial charge in [0.1, 0.15) is 5.75 Å². The molecule has 1 rings (SSSR count). The Morgan fingerprint density at radius 2 is 1.80 bits per heavy atom. The van der Waals surface area contributed by atoms with Crippen LogP contribution in [0.15, 0.2) is 58.7 Å². The van der Waals surface area contributed by atoms with Crippen LogP contribution in [-0.4, -0.2) is 25.8 Å². The Kier molecular flexibility index (Phi) is 9.77. The van der Waals surface area contributed by atoms with Gasteiger partial charge in [0.2, 0.25) is 5.91 Å². The predicted octanol–water partition coefficient (Wildman–Crippen LogP) is 5.59. The molecule has 0 atom stereocenters. The Hall–Kier alpha value is -2.62. The highest BCUT2D eigenvalue weighted by atomic mass is 16.5. The number of carbonyl (C=O) groups is 2. The van der Waals surface area contributed by atoms with Crippen LogP contribution in [0.1, 0.15) is 59.9 Å². The van der Waals surface area contributed by atoms with Gasteiger partial charge in [0.05, 0.1) is 7.11 Å². The molecule has 0 aromatic heterocycles. The van der Waals surface area contributed by atoms with Crippen LogP contribution < -0.4 is 10.1 Å². The van der Waals surface area contributed by atoms with Gasteiger partial charge < -0.3 is 10.1 Å². The summed E-state index contributed by atoms with van der Waals surface area (Å²) in [7, 11) is 3.25. The minimum absolute atomic E-state index is 0.0396. The molecule has 4 heteroatoms.